The van der Waals surface area contributed by atoms with Crippen molar-refractivity contribution in [2.45, 2.75) is 103 Å². The first-order chi connectivity index (χ1) is 21.8. The third-order valence-electron chi connectivity index (χ3n) is 7.15. The molecule has 47 heavy (non-hydrogen) atoms. The minimum absolute atomic E-state index is 0.0428. The number of carbonyl (C=O) groups is 7. The first kappa shape index (κ1) is 40.5. The van der Waals surface area contributed by atoms with Crippen LogP contribution in [0.25, 0.3) is 0 Å². The Labute approximate surface area is 273 Å². The van der Waals surface area contributed by atoms with Gasteiger partial charge in [-0.3, -0.25) is 28.8 Å². The molecule has 5 amide bonds. The number of hydrogen-bond acceptors (Lipinski definition) is 9. The van der Waals surface area contributed by atoms with Crippen molar-refractivity contribution in [3.05, 3.63) is 35.9 Å². The van der Waals surface area contributed by atoms with Crippen LogP contribution in [-0.4, -0.2) is 99.1 Å². The van der Waals surface area contributed by atoms with Gasteiger partial charge in [-0.25, -0.2) is 4.79 Å². The van der Waals surface area contributed by atoms with E-state index in [9.17, 15) is 43.8 Å². The van der Waals surface area contributed by atoms with Crippen molar-refractivity contribution in [3.8, 4) is 0 Å². The van der Waals surface area contributed by atoms with Gasteiger partial charge in [-0.15, -0.1) is 0 Å². The third kappa shape index (κ3) is 13.8. The lowest BCUT2D eigenvalue weighted by atomic mass is 9.98. The van der Waals surface area contributed by atoms with E-state index >= 15 is 0 Å². The number of aliphatic hydroxyl groups excluding tert-OH is 1. The van der Waals surface area contributed by atoms with Gasteiger partial charge in [0, 0.05) is 12.8 Å². The highest BCUT2D eigenvalue weighted by Gasteiger charge is 2.35. The maximum Gasteiger partial charge on any atom is 0.328 e. The van der Waals surface area contributed by atoms with Crippen LogP contribution >= 0.6 is 0 Å². The second-order valence-electron chi connectivity index (χ2n) is 12.1. The van der Waals surface area contributed by atoms with Gasteiger partial charge in [-0.2, -0.15) is 0 Å². The number of amides is 5. The predicted molar refractivity (Wildman–Crippen MR) is 169 cm³/mol. The highest BCUT2D eigenvalue weighted by atomic mass is 16.4. The van der Waals surface area contributed by atoms with Gasteiger partial charge in [0.15, 0.2) is 6.04 Å². The van der Waals surface area contributed by atoms with Crippen LogP contribution in [0.3, 0.4) is 0 Å². The van der Waals surface area contributed by atoms with Crippen molar-refractivity contribution in [3.63, 3.8) is 0 Å². The molecule has 10 N–H and O–H groups in total. The van der Waals surface area contributed by atoms with Gasteiger partial charge in [0.1, 0.15) is 24.2 Å². The Morgan fingerprint density at radius 3 is 1.53 bits per heavy atom. The lowest BCUT2D eigenvalue weighted by Gasteiger charge is -2.30. The highest BCUT2D eigenvalue weighted by molar-refractivity contribution is 5.96. The lowest BCUT2D eigenvalue weighted by Crippen LogP contribution is -2.61. The number of nitrogens with two attached hydrogens (primary N) is 1. The number of rotatable bonds is 19. The van der Waals surface area contributed by atoms with Crippen LogP contribution in [0.2, 0.25) is 0 Å². The molecule has 1 rings (SSSR count). The summed E-state index contributed by atoms with van der Waals surface area (Å²) in [6.07, 6.45) is -2.20. The fourth-order valence-electron chi connectivity index (χ4n) is 4.37. The molecule has 0 saturated carbocycles. The fourth-order valence-corrected chi connectivity index (χ4v) is 4.37. The summed E-state index contributed by atoms with van der Waals surface area (Å²) < 4.78 is 0. The molecule has 0 spiro atoms. The number of aliphatic carboxylic acids is 2. The van der Waals surface area contributed by atoms with E-state index in [1.54, 1.807) is 58.0 Å². The molecule has 16 nitrogen and oxygen atoms in total. The number of carboxylic acid groups (broad SMARTS) is 2. The number of nitrogens with one attached hydrogen (secondary N) is 5. The molecule has 0 heterocycles. The number of carboxylic acids is 2. The minimum Gasteiger partial charge on any atom is -0.481 e. The van der Waals surface area contributed by atoms with E-state index in [-0.39, 0.29) is 12.8 Å². The summed E-state index contributed by atoms with van der Waals surface area (Å²) in [5, 5.41) is 40.7. The molecule has 0 saturated heterocycles. The molecule has 0 bridgehead atoms. The molecule has 0 radical (unpaired) electrons. The summed E-state index contributed by atoms with van der Waals surface area (Å²) in [5.41, 5.74) is 6.21. The first-order valence-electron chi connectivity index (χ1n) is 15.3. The molecule has 0 unspecified atom stereocenters. The molecule has 0 aliphatic carbocycles. The minimum atomic E-state index is -1.65. The Bertz CT molecular complexity index is 1250. The summed E-state index contributed by atoms with van der Waals surface area (Å²) in [6.45, 7) is 9.11. The average molecular weight is 665 g/mol. The van der Waals surface area contributed by atoms with E-state index in [1.807, 2.05) is 0 Å². The van der Waals surface area contributed by atoms with Crippen LogP contribution in [0.4, 0.5) is 0 Å². The van der Waals surface area contributed by atoms with Crippen LogP contribution in [0.15, 0.2) is 30.3 Å². The Hall–Kier alpha value is -4.57. The molecular formula is C31H48N6O10. The van der Waals surface area contributed by atoms with Crippen molar-refractivity contribution >= 4 is 41.5 Å². The number of benzene rings is 1. The number of hydrogen-bond donors (Lipinski definition) is 9. The highest BCUT2D eigenvalue weighted by Crippen LogP contribution is 2.11. The molecular weight excluding hydrogens is 616 g/mol. The number of carbonyl (C=O) groups excluding carboxylic acids is 5. The second kappa shape index (κ2) is 19.2. The van der Waals surface area contributed by atoms with Crippen LogP contribution in [0.5, 0.6) is 0 Å². The topological polar surface area (TPSA) is 266 Å². The van der Waals surface area contributed by atoms with Gasteiger partial charge < -0.3 is 47.6 Å². The van der Waals surface area contributed by atoms with Crippen LogP contribution in [0, 0.1) is 11.8 Å². The van der Waals surface area contributed by atoms with Gasteiger partial charge in [0.2, 0.25) is 29.5 Å². The summed E-state index contributed by atoms with van der Waals surface area (Å²) in [4.78, 5) is 88.3. The number of aliphatic hydroxyl groups is 1. The Balaban J connectivity index is 3.23. The quantitative estimate of drug-likeness (QED) is 0.0834. The molecule has 0 aliphatic rings. The average Bonchev–Trinajstić information content (AvgIpc) is 2.98. The zero-order chi connectivity index (χ0) is 36.0. The first-order valence-corrected chi connectivity index (χ1v) is 15.3. The van der Waals surface area contributed by atoms with E-state index in [0.717, 1.165) is 0 Å². The van der Waals surface area contributed by atoms with Gasteiger partial charge >= 0.3 is 11.9 Å². The smallest absolute Gasteiger partial charge is 0.328 e. The maximum atomic E-state index is 13.6. The molecule has 262 valence electrons. The second-order valence-corrected chi connectivity index (χ2v) is 12.1. The largest absolute Gasteiger partial charge is 0.481 e. The van der Waals surface area contributed by atoms with Crippen molar-refractivity contribution in [1.29, 1.82) is 0 Å². The van der Waals surface area contributed by atoms with Gasteiger partial charge in [-0.1, -0.05) is 58.0 Å². The standard InChI is InChI=1S/C31H48N6O10/c1-15(2)23(29(44)34-21(14-19-10-8-7-9-11-19)28(43)37-25(18(6)38)31(46)47)36-30(45)24(16(3)4)35-27(42)20(12-13-22(39)40)33-26(41)17(5)32/h7-11,15-18,20-21,23-25,38H,12-14,32H2,1-6H3,(H,33,41)(H,34,44)(H,35,42)(H,36,45)(H,37,43)(H,39,40)(H,46,47)/t17-,18+,20-,21-,23-,24-,25-/m0/s1. The zero-order valence-corrected chi connectivity index (χ0v) is 27.5. The fraction of sp³-hybridized carbons (Fsp3) is 0.581. The third-order valence-corrected chi connectivity index (χ3v) is 7.15. The molecule has 1 aromatic carbocycles. The zero-order valence-electron chi connectivity index (χ0n) is 27.5. The molecule has 0 aromatic heterocycles. The van der Waals surface area contributed by atoms with Crippen LogP contribution < -0.4 is 32.3 Å². The van der Waals surface area contributed by atoms with E-state index in [1.165, 1.54) is 13.8 Å². The lowest BCUT2D eigenvalue weighted by molar-refractivity contribution is -0.145. The Morgan fingerprint density at radius 1 is 0.638 bits per heavy atom. The predicted octanol–water partition coefficient (Wildman–Crippen LogP) is -1.36. The van der Waals surface area contributed by atoms with Gasteiger partial charge in [-0.05, 0) is 37.7 Å². The van der Waals surface area contributed by atoms with Gasteiger partial charge in [0.25, 0.3) is 0 Å². The summed E-state index contributed by atoms with van der Waals surface area (Å²) in [6, 6.07) is 0.902. The molecule has 1 aromatic rings. The monoisotopic (exact) mass is 664 g/mol. The van der Waals surface area contributed by atoms with Crippen LogP contribution in [0.1, 0.15) is 59.9 Å². The van der Waals surface area contributed by atoms with E-state index in [0.29, 0.717) is 5.56 Å². The Morgan fingerprint density at radius 2 is 1.09 bits per heavy atom. The Kier molecular flexibility index (Phi) is 16.5. The molecule has 0 fully saturated rings. The molecule has 0 aliphatic heterocycles. The van der Waals surface area contributed by atoms with Crippen molar-refractivity contribution in [2.75, 3.05) is 0 Å². The van der Waals surface area contributed by atoms with Crippen molar-refractivity contribution in [1.82, 2.24) is 26.6 Å². The van der Waals surface area contributed by atoms with E-state index in [4.69, 9.17) is 10.8 Å². The summed E-state index contributed by atoms with van der Waals surface area (Å²) in [5.74, 6) is -7.67. The molecule has 7 atom stereocenters. The maximum absolute atomic E-state index is 13.6. The van der Waals surface area contributed by atoms with Crippen molar-refractivity contribution in [2.24, 2.45) is 17.6 Å². The molecule has 16 heteroatoms. The van der Waals surface area contributed by atoms with Crippen LogP contribution in [-0.2, 0) is 40.0 Å². The summed E-state index contributed by atoms with van der Waals surface area (Å²) in [7, 11) is 0. The normalized spacial score (nSPS) is 15.6. The van der Waals surface area contributed by atoms with E-state index in [2.05, 4.69) is 26.6 Å². The van der Waals surface area contributed by atoms with Gasteiger partial charge in [0.05, 0.1) is 12.1 Å². The van der Waals surface area contributed by atoms with Crippen molar-refractivity contribution < 1.29 is 48.9 Å². The SMILES string of the molecule is CC(C)[C@H](NC(=O)[C@H](CCC(=O)O)NC(=O)[C@H](C)N)C(=O)N[C@H](C(=O)N[C@@H](Cc1ccccc1)C(=O)N[C@H](C(=O)O)[C@@H](C)O)C(C)C. The summed E-state index contributed by atoms with van der Waals surface area (Å²) >= 11 is 0. The van der Waals surface area contributed by atoms with E-state index < -0.39 is 102 Å².